The Kier molecular flexibility index (Phi) is 7.14. The monoisotopic (exact) mass is 396 g/mol. The van der Waals surface area contributed by atoms with Crippen molar-refractivity contribution in [2.45, 2.75) is 45.3 Å². The van der Waals surface area contributed by atoms with Crippen molar-refractivity contribution in [3.8, 4) is 0 Å². The molecule has 1 N–H and O–H groups in total. The molecule has 0 fully saturated rings. The number of thiazole rings is 1. The molecule has 2 aromatic carbocycles. The van der Waals surface area contributed by atoms with Crippen molar-refractivity contribution in [1.29, 1.82) is 0 Å². The number of nitrogens with one attached hydrogen (secondary N) is 1. The van der Waals surface area contributed by atoms with Gasteiger partial charge in [0.2, 0.25) is 0 Å². The molecule has 1 heterocycles. The number of carbonyl (C=O) groups is 2. The molecule has 1 amide bonds. The summed E-state index contributed by atoms with van der Waals surface area (Å²) in [6, 6.07) is 17.6. The van der Waals surface area contributed by atoms with Crippen molar-refractivity contribution in [1.82, 2.24) is 10.3 Å². The van der Waals surface area contributed by atoms with Crippen molar-refractivity contribution in [2.75, 3.05) is 0 Å². The van der Waals surface area contributed by atoms with Gasteiger partial charge in [0.25, 0.3) is 5.91 Å². The lowest BCUT2D eigenvalue weighted by atomic mass is 10.2. The van der Waals surface area contributed by atoms with Crippen molar-refractivity contribution in [3.05, 3.63) is 65.2 Å². The number of rotatable bonds is 9. The number of aryl methyl sites for hydroxylation is 1. The highest BCUT2D eigenvalue weighted by Crippen LogP contribution is 2.22. The third kappa shape index (κ3) is 5.63. The van der Waals surface area contributed by atoms with E-state index in [1.54, 1.807) is 11.3 Å². The Hall–Kier alpha value is -2.73. The van der Waals surface area contributed by atoms with Gasteiger partial charge >= 0.3 is 5.97 Å². The maximum Gasteiger partial charge on any atom is 0.306 e. The van der Waals surface area contributed by atoms with Crippen molar-refractivity contribution < 1.29 is 14.3 Å². The highest BCUT2D eigenvalue weighted by atomic mass is 32.1. The first-order valence-electron chi connectivity index (χ1n) is 9.51. The van der Waals surface area contributed by atoms with E-state index in [4.69, 9.17) is 4.74 Å². The van der Waals surface area contributed by atoms with Gasteiger partial charge in [0.15, 0.2) is 6.10 Å². The Balaban J connectivity index is 1.42. The van der Waals surface area contributed by atoms with Crippen LogP contribution >= 0.6 is 11.3 Å². The highest BCUT2D eigenvalue weighted by molar-refractivity contribution is 7.18. The molecule has 28 heavy (non-hydrogen) atoms. The molecule has 0 saturated carbocycles. The molecule has 1 unspecified atom stereocenters. The smallest absolute Gasteiger partial charge is 0.306 e. The van der Waals surface area contributed by atoms with E-state index in [-0.39, 0.29) is 18.3 Å². The summed E-state index contributed by atoms with van der Waals surface area (Å²) in [5.41, 5.74) is 2.00. The van der Waals surface area contributed by atoms with Crippen LogP contribution in [0.2, 0.25) is 0 Å². The van der Waals surface area contributed by atoms with Crippen LogP contribution in [0.25, 0.3) is 10.2 Å². The number of aromatic nitrogens is 1. The highest BCUT2D eigenvalue weighted by Gasteiger charge is 2.20. The van der Waals surface area contributed by atoms with Gasteiger partial charge in [0.1, 0.15) is 0 Å². The van der Waals surface area contributed by atoms with E-state index in [9.17, 15) is 9.59 Å². The minimum absolute atomic E-state index is 0.258. The van der Waals surface area contributed by atoms with Crippen molar-refractivity contribution in [2.24, 2.45) is 0 Å². The van der Waals surface area contributed by atoms with Crippen LogP contribution in [0.4, 0.5) is 0 Å². The lowest BCUT2D eigenvalue weighted by molar-refractivity contribution is -0.156. The number of ether oxygens (including phenoxy) is 1. The quantitative estimate of drug-likeness (QED) is 0.549. The number of nitrogens with zero attached hydrogens (tertiary/aromatic N) is 1. The molecule has 1 atom stereocenters. The predicted molar refractivity (Wildman–Crippen MR) is 111 cm³/mol. The minimum Gasteiger partial charge on any atom is -0.452 e. The van der Waals surface area contributed by atoms with Gasteiger partial charge in [0.05, 0.1) is 15.2 Å². The first-order chi connectivity index (χ1) is 13.7. The standard InChI is InChI=1S/C22H24N2O3S/c1-2-18(22(26)23-15-16-9-4-3-5-10-16)27-21(25)14-8-13-20-24-17-11-6-7-12-19(17)28-20/h3-7,9-12,18H,2,8,13-15H2,1H3,(H,23,26). The molecule has 6 heteroatoms. The van der Waals surface area contributed by atoms with Crippen LogP contribution in [0.3, 0.4) is 0 Å². The topological polar surface area (TPSA) is 68.3 Å². The molecular formula is C22H24N2O3S. The zero-order valence-electron chi connectivity index (χ0n) is 15.9. The minimum atomic E-state index is -0.751. The molecule has 0 aliphatic heterocycles. The summed E-state index contributed by atoms with van der Waals surface area (Å²) in [4.78, 5) is 29.0. The van der Waals surface area contributed by atoms with E-state index in [2.05, 4.69) is 10.3 Å². The van der Waals surface area contributed by atoms with Crippen LogP contribution in [-0.2, 0) is 27.3 Å². The normalized spacial score (nSPS) is 11.9. The van der Waals surface area contributed by atoms with Crippen LogP contribution in [-0.4, -0.2) is 23.0 Å². The number of para-hydroxylation sites is 1. The Labute approximate surface area is 168 Å². The zero-order chi connectivity index (χ0) is 19.8. The van der Waals surface area contributed by atoms with Crippen molar-refractivity contribution >= 4 is 33.4 Å². The Morgan fingerprint density at radius 2 is 1.86 bits per heavy atom. The number of hydrogen-bond acceptors (Lipinski definition) is 5. The molecule has 1 aromatic heterocycles. The maximum absolute atomic E-state index is 12.3. The summed E-state index contributed by atoms with van der Waals surface area (Å²) in [5, 5.41) is 3.84. The average molecular weight is 397 g/mol. The van der Waals surface area contributed by atoms with E-state index in [0.717, 1.165) is 27.2 Å². The Bertz CT molecular complexity index is 891. The summed E-state index contributed by atoms with van der Waals surface area (Å²) in [7, 11) is 0. The summed E-state index contributed by atoms with van der Waals surface area (Å²) in [6.45, 7) is 2.26. The average Bonchev–Trinajstić information content (AvgIpc) is 3.13. The number of fused-ring (bicyclic) bond motifs is 1. The fraction of sp³-hybridized carbons (Fsp3) is 0.318. The van der Waals surface area contributed by atoms with Crippen LogP contribution in [0.5, 0.6) is 0 Å². The summed E-state index contributed by atoms with van der Waals surface area (Å²) in [5.74, 6) is -0.603. The van der Waals surface area contributed by atoms with Crippen LogP contribution < -0.4 is 5.32 Å². The van der Waals surface area contributed by atoms with Gasteiger partial charge in [-0.05, 0) is 37.0 Å². The summed E-state index contributed by atoms with van der Waals surface area (Å²) >= 11 is 1.65. The molecule has 0 bridgehead atoms. The van der Waals surface area contributed by atoms with Crippen LogP contribution in [0.1, 0.15) is 36.8 Å². The molecule has 0 saturated heterocycles. The van der Waals surface area contributed by atoms with Gasteiger partial charge in [-0.25, -0.2) is 4.98 Å². The van der Waals surface area contributed by atoms with E-state index in [1.807, 2.05) is 61.5 Å². The van der Waals surface area contributed by atoms with E-state index in [0.29, 0.717) is 19.4 Å². The fourth-order valence-electron chi connectivity index (χ4n) is 2.85. The summed E-state index contributed by atoms with van der Waals surface area (Å²) in [6.07, 6.45) is 1.35. The predicted octanol–water partition coefficient (Wildman–Crippen LogP) is 4.26. The second kappa shape index (κ2) is 9.99. The number of hydrogen-bond donors (Lipinski definition) is 1. The second-order valence-electron chi connectivity index (χ2n) is 6.52. The number of carbonyl (C=O) groups excluding carboxylic acids is 2. The summed E-state index contributed by atoms with van der Waals surface area (Å²) < 4.78 is 6.53. The zero-order valence-corrected chi connectivity index (χ0v) is 16.7. The van der Waals surface area contributed by atoms with Gasteiger partial charge in [-0.15, -0.1) is 11.3 Å². The third-order valence-corrected chi connectivity index (χ3v) is 5.45. The van der Waals surface area contributed by atoms with Gasteiger partial charge in [-0.1, -0.05) is 49.4 Å². The number of amides is 1. The number of esters is 1. The molecular weight excluding hydrogens is 372 g/mol. The van der Waals surface area contributed by atoms with Gasteiger partial charge in [-0.2, -0.15) is 0 Å². The Morgan fingerprint density at radius 1 is 1.11 bits per heavy atom. The molecule has 3 aromatic rings. The van der Waals surface area contributed by atoms with Crippen LogP contribution in [0.15, 0.2) is 54.6 Å². The SMILES string of the molecule is CCC(OC(=O)CCCc1nc2ccccc2s1)C(=O)NCc1ccccc1. The van der Waals surface area contributed by atoms with Crippen molar-refractivity contribution in [3.63, 3.8) is 0 Å². The molecule has 146 valence electrons. The molecule has 5 nitrogen and oxygen atoms in total. The van der Waals surface area contributed by atoms with Gasteiger partial charge in [-0.3, -0.25) is 9.59 Å². The molecule has 0 radical (unpaired) electrons. The lowest BCUT2D eigenvalue weighted by Crippen LogP contribution is -2.37. The fourth-order valence-corrected chi connectivity index (χ4v) is 3.86. The first kappa shape index (κ1) is 20.0. The van der Waals surface area contributed by atoms with E-state index < -0.39 is 6.10 Å². The Morgan fingerprint density at radius 3 is 2.61 bits per heavy atom. The largest absolute Gasteiger partial charge is 0.452 e. The molecule has 0 aliphatic rings. The van der Waals surface area contributed by atoms with Gasteiger partial charge < -0.3 is 10.1 Å². The number of benzene rings is 2. The van der Waals surface area contributed by atoms with E-state index >= 15 is 0 Å². The first-order valence-corrected chi connectivity index (χ1v) is 10.3. The van der Waals surface area contributed by atoms with E-state index in [1.165, 1.54) is 0 Å². The molecule has 3 rings (SSSR count). The van der Waals surface area contributed by atoms with Gasteiger partial charge in [0, 0.05) is 13.0 Å². The third-order valence-electron chi connectivity index (χ3n) is 4.36. The molecule has 0 spiro atoms. The lowest BCUT2D eigenvalue weighted by Gasteiger charge is -2.16. The maximum atomic E-state index is 12.3. The molecule has 0 aliphatic carbocycles. The van der Waals surface area contributed by atoms with Crippen LogP contribution in [0, 0.1) is 0 Å². The second-order valence-corrected chi connectivity index (χ2v) is 7.63.